The number of thiophene rings is 1. The fraction of sp³-hybridized carbons (Fsp3) is 0.632. The molecular formula is C19H24N4O2S. The minimum atomic E-state index is -0.0414. The van der Waals surface area contributed by atoms with Crippen molar-refractivity contribution in [2.75, 3.05) is 13.1 Å². The fourth-order valence-electron chi connectivity index (χ4n) is 4.25. The van der Waals surface area contributed by atoms with Crippen LogP contribution in [0.5, 0.6) is 0 Å². The average molecular weight is 372 g/mol. The van der Waals surface area contributed by atoms with Crippen LogP contribution >= 0.6 is 11.3 Å². The number of hydrogen-bond acceptors (Lipinski definition) is 6. The van der Waals surface area contributed by atoms with Crippen LogP contribution in [0.25, 0.3) is 10.2 Å². The highest BCUT2D eigenvalue weighted by Crippen LogP contribution is 2.33. The summed E-state index contributed by atoms with van der Waals surface area (Å²) in [5.74, 6) is 0.698. The molecule has 0 N–H and O–H groups in total. The standard InChI is InChI=1S/C19H24N4O2S/c1-12-9-22(10-13(2)25-12)11-16-21-18-17(19(24)23(16)8-7-20)14-5-3-4-6-15(14)26-18/h12-13H,3-6,8-11H2,1-2H3/t12-,13-/m0/s1. The predicted molar refractivity (Wildman–Crippen MR) is 101 cm³/mol. The summed E-state index contributed by atoms with van der Waals surface area (Å²) in [4.78, 5) is 22.5. The van der Waals surface area contributed by atoms with Crippen LogP contribution in [0, 0.1) is 11.3 Å². The van der Waals surface area contributed by atoms with Gasteiger partial charge in [-0.05, 0) is 45.1 Å². The summed E-state index contributed by atoms with van der Waals surface area (Å²) >= 11 is 1.67. The van der Waals surface area contributed by atoms with Crippen LogP contribution < -0.4 is 5.56 Å². The van der Waals surface area contributed by atoms with Gasteiger partial charge in [0.25, 0.3) is 5.56 Å². The second kappa shape index (κ2) is 7.10. The molecule has 0 saturated carbocycles. The Hall–Kier alpha value is -1.75. The highest BCUT2D eigenvalue weighted by atomic mass is 32.1. The average Bonchev–Trinajstić information content (AvgIpc) is 2.95. The molecule has 1 aliphatic carbocycles. The first-order chi connectivity index (χ1) is 12.6. The zero-order valence-electron chi connectivity index (χ0n) is 15.3. The van der Waals surface area contributed by atoms with E-state index in [9.17, 15) is 10.1 Å². The molecule has 7 heteroatoms. The monoisotopic (exact) mass is 372 g/mol. The summed E-state index contributed by atoms with van der Waals surface area (Å²) in [6.45, 7) is 6.38. The first kappa shape index (κ1) is 17.7. The molecule has 0 spiro atoms. The maximum absolute atomic E-state index is 13.2. The number of nitriles is 1. The summed E-state index contributed by atoms with van der Waals surface area (Å²) < 4.78 is 7.38. The van der Waals surface area contributed by atoms with Gasteiger partial charge < -0.3 is 4.74 Å². The van der Waals surface area contributed by atoms with Crippen LogP contribution in [0.4, 0.5) is 0 Å². The zero-order chi connectivity index (χ0) is 18.3. The molecule has 0 radical (unpaired) electrons. The van der Waals surface area contributed by atoms with Crippen molar-refractivity contribution in [3.05, 3.63) is 26.6 Å². The van der Waals surface area contributed by atoms with Crippen molar-refractivity contribution < 1.29 is 4.74 Å². The van der Waals surface area contributed by atoms with Crippen molar-refractivity contribution in [3.8, 4) is 6.07 Å². The number of fused-ring (bicyclic) bond motifs is 3. The van der Waals surface area contributed by atoms with Gasteiger partial charge in [0.15, 0.2) is 0 Å². The van der Waals surface area contributed by atoms with Gasteiger partial charge in [0.1, 0.15) is 17.2 Å². The first-order valence-electron chi connectivity index (χ1n) is 9.35. The number of ether oxygens (including phenoxy) is 1. The quantitative estimate of drug-likeness (QED) is 0.828. The number of aromatic nitrogens is 2. The van der Waals surface area contributed by atoms with Gasteiger partial charge in [-0.1, -0.05) is 0 Å². The SMILES string of the molecule is C[C@H]1CN(Cc2nc3sc4c(c3c(=O)n2CC#N)CCCC4)C[C@H](C)O1. The van der Waals surface area contributed by atoms with Crippen molar-refractivity contribution in [1.29, 1.82) is 5.26 Å². The normalized spacial score (nSPS) is 23.7. The molecule has 2 atom stereocenters. The van der Waals surface area contributed by atoms with Crippen molar-refractivity contribution >= 4 is 21.6 Å². The number of morpholine rings is 1. The van der Waals surface area contributed by atoms with Crippen LogP contribution in [0.2, 0.25) is 0 Å². The number of nitrogens with zero attached hydrogens (tertiary/aromatic N) is 4. The van der Waals surface area contributed by atoms with Crippen LogP contribution in [0.3, 0.4) is 0 Å². The Morgan fingerprint density at radius 3 is 2.73 bits per heavy atom. The Bertz CT molecular complexity index is 916. The van der Waals surface area contributed by atoms with Crippen molar-refractivity contribution in [2.45, 2.75) is 64.8 Å². The van der Waals surface area contributed by atoms with Crippen LogP contribution in [0.15, 0.2) is 4.79 Å². The molecule has 26 heavy (non-hydrogen) atoms. The molecule has 3 heterocycles. The predicted octanol–water partition coefficient (Wildman–Crippen LogP) is 2.47. The summed E-state index contributed by atoms with van der Waals surface area (Å²) in [7, 11) is 0. The molecule has 2 aromatic rings. The first-order valence-corrected chi connectivity index (χ1v) is 10.2. The zero-order valence-corrected chi connectivity index (χ0v) is 16.1. The van der Waals surface area contributed by atoms with E-state index >= 15 is 0 Å². The number of aryl methyl sites for hydroxylation is 2. The number of rotatable bonds is 3. The van der Waals surface area contributed by atoms with Crippen LogP contribution in [0.1, 0.15) is 43.0 Å². The van der Waals surface area contributed by atoms with Gasteiger partial charge in [-0.2, -0.15) is 5.26 Å². The summed E-state index contributed by atoms with van der Waals surface area (Å²) in [5.41, 5.74) is 1.14. The highest BCUT2D eigenvalue weighted by Gasteiger charge is 2.26. The van der Waals surface area contributed by atoms with E-state index < -0.39 is 0 Å². The minimum Gasteiger partial charge on any atom is -0.373 e. The van der Waals surface area contributed by atoms with Crippen molar-refractivity contribution in [1.82, 2.24) is 14.5 Å². The van der Waals surface area contributed by atoms with Crippen molar-refractivity contribution in [3.63, 3.8) is 0 Å². The minimum absolute atomic E-state index is 0.0414. The van der Waals surface area contributed by atoms with E-state index in [1.54, 1.807) is 15.9 Å². The smallest absolute Gasteiger partial charge is 0.263 e. The van der Waals surface area contributed by atoms with Gasteiger partial charge >= 0.3 is 0 Å². The van der Waals surface area contributed by atoms with E-state index in [0.29, 0.717) is 12.4 Å². The van der Waals surface area contributed by atoms with Gasteiger partial charge in [-0.25, -0.2) is 4.98 Å². The van der Waals surface area contributed by atoms with Crippen molar-refractivity contribution in [2.24, 2.45) is 0 Å². The van der Waals surface area contributed by atoms with E-state index in [4.69, 9.17) is 9.72 Å². The molecule has 1 saturated heterocycles. The Balaban J connectivity index is 1.77. The largest absolute Gasteiger partial charge is 0.373 e. The third-order valence-electron chi connectivity index (χ3n) is 5.24. The number of hydrogen-bond donors (Lipinski definition) is 0. The lowest BCUT2D eigenvalue weighted by atomic mass is 9.97. The molecule has 0 amide bonds. The molecule has 2 aromatic heterocycles. The topological polar surface area (TPSA) is 71.2 Å². The molecule has 0 bridgehead atoms. The Morgan fingerprint density at radius 2 is 2.00 bits per heavy atom. The lowest BCUT2D eigenvalue weighted by Gasteiger charge is -2.35. The lowest BCUT2D eigenvalue weighted by Crippen LogP contribution is -2.45. The third kappa shape index (κ3) is 3.18. The van der Waals surface area contributed by atoms with Gasteiger partial charge in [-0.3, -0.25) is 14.3 Å². The Morgan fingerprint density at radius 1 is 1.27 bits per heavy atom. The molecule has 1 fully saturated rings. The molecule has 6 nitrogen and oxygen atoms in total. The second-order valence-electron chi connectivity index (χ2n) is 7.42. The van der Waals surface area contributed by atoms with E-state index in [0.717, 1.165) is 42.6 Å². The van der Waals surface area contributed by atoms with Gasteiger partial charge in [0, 0.05) is 18.0 Å². The fourth-order valence-corrected chi connectivity index (χ4v) is 5.52. The molecule has 0 aromatic carbocycles. The van der Waals surface area contributed by atoms with E-state index in [-0.39, 0.29) is 24.3 Å². The van der Waals surface area contributed by atoms with E-state index in [1.807, 2.05) is 0 Å². The molecule has 0 unspecified atom stereocenters. The maximum Gasteiger partial charge on any atom is 0.263 e. The molecule has 4 rings (SSSR count). The summed E-state index contributed by atoms with van der Waals surface area (Å²) in [6, 6.07) is 2.14. The highest BCUT2D eigenvalue weighted by molar-refractivity contribution is 7.18. The van der Waals surface area contributed by atoms with Gasteiger partial charge in [-0.15, -0.1) is 11.3 Å². The Labute approximate surface area is 157 Å². The molecule has 2 aliphatic rings. The third-order valence-corrected chi connectivity index (χ3v) is 6.43. The lowest BCUT2D eigenvalue weighted by molar-refractivity contribution is -0.0713. The summed E-state index contributed by atoms with van der Waals surface area (Å²) in [5, 5.41) is 10.0. The van der Waals surface area contributed by atoms with Gasteiger partial charge in [0.05, 0.1) is 30.2 Å². The van der Waals surface area contributed by atoms with E-state index in [2.05, 4.69) is 24.8 Å². The molecule has 1 aliphatic heterocycles. The molecular weight excluding hydrogens is 348 g/mol. The van der Waals surface area contributed by atoms with Crippen LogP contribution in [-0.2, 0) is 30.7 Å². The van der Waals surface area contributed by atoms with E-state index in [1.165, 1.54) is 16.9 Å². The Kier molecular flexibility index (Phi) is 4.82. The van der Waals surface area contributed by atoms with Gasteiger partial charge in [0.2, 0.25) is 0 Å². The molecule has 138 valence electrons. The maximum atomic E-state index is 13.2. The summed E-state index contributed by atoms with van der Waals surface area (Å²) in [6.07, 6.45) is 4.63. The second-order valence-corrected chi connectivity index (χ2v) is 8.50. The van der Waals surface area contributed by atoms with Crippen LogP contribution in [-0.4, -0.2) is 39.7 Å².